The number of phenols is 1. The highest BCUT2D eigenvalue weighted by molar-refractivity contribution is 6.24. The van der Waals surface area contributed by atoms with Crippen molar-refractivity contribution in [2.45, 2.75) is 43.7 Å². The van der Waals surface area contributed by atoms with Crippen LogP contribution in [0.5, 0.6) is 5.75 Å². The van der Waals surface area contributed by atoms with Gasteiger partial charge in [0.2, 0.25) is 5.82 Å². The largest absolute Gasteiger partial charge is 0.509 e. The Balaban J connectivity index is 1.56. The van der Waals surface area contributed by atoms with Gasteiger partial charge in [0.25, 0.3) is 11.8 Å². The quantitative estimate of drug-likeness (QED) is 0.240. The number of aliphatic hydroxyl groups excluding tert-OH is 1. The number of amides is 2. The van der Waals surface area contributed by atoms with E-state index in [0.29, 0.717) is 30.9 Å². The molecular formula is C28H21F8N5O4. The van der Waals surface area contributed by atoms with E-state index in [-0.39, 0.29) is 12.8 Å². The molecule has 45 heavy (non-hydrogen) atoms. The Morgan fingerprint density at radius 1 is 0.978 bits per heavy atom. The average molecular weight is 643 g/mol. The van der Waals surface area contributed by atoms with Gasteiger partial charge in [0.15, 0.2) is 11.6 Å². The summed E-state index contributed by atoms with van der Waals surface area (Å²) >= 11 is 0. The number of nitrogens with one attached hydrogen (secondary N) is 1. The zero-order valence-corrected chi connectivity index (χ0v) is 22.9. The van der Waals surface area contributed by atoms with Gasteiger partial charge in [-0.05, 0) is 49.6 Å². The summed E-state index contributed by atoms with van der Waals surface area (Å²) in [6, 6.07) is 3.96. The lowest BCUT2D eigenvalue weighted by Crippen LogP contribution is -2.65. The van der Waals surface area contributed by atoms with Crippen LogP contribution in [-0.2, 0) is 28.5 Å². The fourth-order valence-corrected chi connectivity index (χ4v) is 5.19. The molecule has 5 rings (SSSR count). The number of likely N-dealkylation sites (N-methyl/N-ethyl adjacent to an activating group) is 1. The van der Waals surface area contributed by atoms with E-state index in [4.69, 9.17) is 0 Å². The van der Waals surface area contributed by atoms with Crippen molar-refractivity contribution in [3.8, 4) is 17.0 Å². The average Bonchev–Trinajstić information content (AvgIpc) is 2.93. The van der Waals surface area contributed by atoms with Crippen LogP contribution in [0.25, 0.3) is 11.3 Å². The van der Waals surface area contributed by atoms with Gasteiger partial charge in [-0.1, -0.05) is 6.07 Å². The lowest BCUT2D eigenvalue weighted by molar-refractivity contribution is -0.172. The van der Waals surface area contributed by atoms with Crippen LogP contribution in [0.2, 0.25) is 0 Å². The first kappa shape index (κ1) is 31.6. The van der Waals surface area contributed by atoms with Gasteiger partial charge >= 0.3 is 12.4 Å². The number of halogens is 8. The molecule has 1 aliphatic heterocycles. The highest BCUT2D eigenvalue weighted by Crippen LogP contribution is 2.47. The molecule has 1 fully saturated rings. The van der Waals surface area contributed by atoms with Crippen LogP contribution in [0.1, 0.15) is 36.1 Å². The Morgan fingerprint density at radius 2 is 1.67 bits per heavy atom. The van der Waals surface area contributed by atoms with Gasteiger partial charge in [0, 0.05) is 18.2 Å². The summed E-state index contributed by atoms with van der Waals surface area (Å²) in [6.07, 6.45) is -8.49. The van der Waals surface area contributed by atoms with Gasteiger partial charge in [-0.3, -0.25) is 14.6 Å². The van der Waals surface area contributed by atoms with Gasteiger partial charge in [-0.25, -0.2) is 19.4 Å². The molecule has 9 nitrogen and oxygen atoms in total. The predicted molar refractivity (Wildman–Crippen MR) is 139 cm³/mol. The number of anilines is 1. The highest BCUT2D eigenvalue weighted by Gasteiger charge is 2.55. The van der Waals surface area contributed by atoms with Crippen LogP contribution >= 0.6 is 0 Å². The third kappa shape index (κ3) is 5.51. The summed E-state index contributed by atoms with van der Waals surface area (Å²) < 4.78 is 109. The van der Waals surface area contributed by atoms with Gasteiger partial charge in [-0.2, -0.15) is 30.7 Å². The van der Waals surface area contributed by atoms with Crippen LogP contribution in [0.4, 0.5) is 40.8 Å². The fraction of sp³-hybridized carbons (Fsp3) is 0.286. The molecule has 3 N–H and O–H groups in total. The maximum Gasteiger partial charge on any atom is 0.433 e. The normalized spacial score (nSPS) is 17.1. The number of carbonyl (C=O) groups is 2. The Hall–Kier alpha value is -4.80. The molecule has 2 aliphatic rings. The molecule has 2 heterocycles. The number of rotatable bonds is 5. The van der Waals surface area contributed by atoms with Crippen molar-refractivity contribution in [3.05, 3.63) is 82.5 Å². The van der Waals surface area contributed by atoms with Crippen LogP contribution in [0, 0.1) is 11.6 Å². The minimum atomic E-state index is -4.99. The number of hydrogen-bond acceptors (Lipinski definition) is 7. The summed E-state index contributed by atoms with van der Waals surface area (Å²) in [7, 11) is 1.37. The molecule has 0 atom stereocenters. The molecule has 1 saturated carbocycles. The SMILES string of the molecule is CN1N(Cc2ccc(O)c(F)c2F)C(=O)C(C(=O)Nc2ccc(C(F)(F)F)cc2-c2cc(C(F)(F)F)ncn2)=C(O)C12CCC2. The predicted octanol–water partition coefficient (Wildman–Crippen LogP) is 5.73. The van der Waals surface area contributed by atoms with E-state index < -0.39 is 98.7 Å². The maximum absolute atomic E-state index is 14.6. The molecule has 17 heteroatoms. The molecule has 2 aromatic carbocycles. The zero-order chi connectivity index (χ0) is 33.1. The van der Waals surface area contributed by atoms with Crippen LogP contribution in [0.3, 0.4) is 0 Å². The number of alkyl halides is 6. The number of benzene rings is 2. The number of hydrogen-bond donors (Lipinski definition) is 3. The van der Waals surface area contributed by atoms with E-state index in [1.165, 1.54) is 12.1 Å². The van der Waals surface area contributed by atoms with Crippen molar-refractivity contribution in [2.24, 2.45) is 0 Å². The molecule has 0 radical (unpaired) electrons. The summed E-state index contributed by atoms with van der Waals surface area (Å²) in [5.41, 5.74) is -7.11. The molecule has 1 spiro atoms. The third-order valence-corrected chi connectivity index (χ3v) is 7.81. The van der Waals surface area contributed by atoms with Gasteiger partial charge in [0.1, 0.15) is 23.4 Å². The van der Waals surface area contributed by atoms with Crippen molar-refractivity contribution in [3.63, 3.8) is 0 Å². The number of phenolic OH excluding ortho intramolecular Hbond substituents is 1. The maximum atomic E-state index is 14.6. The molecule has 0 unspecified atom stereocenters. The van der Waals surface area contributed by atoms with E-state index in [0.717, 1.165) is 23.2 Å². The minimum absolute atomic E-state index is 0.217. The van der Waals surface area contributed by atoms with Gasteiger partial charge < -0.3 is 15.5 Å². The summed E-state index contributed by atoms with van der Waals surface area (Å²) in [4.78, 5) is 33.9. The summed E-state index contributed by atoms with van der Waals surface area (Å²) in [5, 5.41) is 24.9. The molecule has 238 valence electrons. The monoisotopic (exact) mass is 643 g/mol. The number of hydrazine groups is 1. The van der Waals surface area contributed by atoms with E-state index in [9.17, 15) is 54.9 Å². The summed E-state index contributed by atoms with van der Waals surface area (Å²) in [5.74, 6) is -7.27. The zero-order valence-electron chi connectivity index (χ0n) is 22.9. The van der Waals surface area contributed by atoms with Crippen molar-refractivity contribution in [2.75, 3.05) is 12.4 Å². The van der Waals surface area contributed by atoms with Gasteiger partial charge in [-0.15, -0.1) is 0 Å². The van der Waals surface area contributed by atoms with Crippen LogP contribution < -0.4 is 5.32 Å². The smallest absolute Gasteiger partial charge is 0.433 e. The first-order valence-electron chi connectivity index (χ1n) is 13.0. The first-order chi connectivity index (χ1) is 21.0. The highest BCUT2D eigenvalue weighted by atomic mass is 19.4. The third-order valence-electron chi connectivity index (χ3n) is 7.81. The van der Waals surface area contributed by atoms with Crippen molar-refractivity contribution in [1.29, 1.82) is 0 Å². The van der Waals surface area contributed by atoms with Crippen molar-refractivity contribution in [1.82, 2.24) is 20.0 Å². The summed E-state index contributed by atoms with van der Waals surface area (Å²) in [6.45, 7) is -0.656. The first-order valence-corrected chi connectivity index (χ1v) is 13.0. The Labute approximate surface area is 248 Å². The lowest BCUT2D eigenvalue weighted by atomic mass is 9.72. The van der Waals surface area contributed by atoms with Crippen LogP contribution in [0.15, 0.2) is 54.1 Å². The van der Waals surface area contributed by atoms with E-state index in [1.807, 2.05) is 0 Å². The van der Waals surface area contributed by atoms with Crippen molar-refractivity contribution < 1.29 is 54.9 Å². The van der Waals surface area contributed by atoms with E-state index in [2.05, 4.69) is 15.3 Å². The van der Waals surface area contributed by atoms with E-state index in [1.54, 1.807) is 0 Å². The second-order valence-electron chi connectivity index (χ2n) is 10.4. The minimum Gasteiger partial charge on any atom is -0.509 e. The topological polar surface area (TPSA) is 119 Å². The molecule has 0 bridgehead atoms. The Kier molecular flexibility index (Phi) is 7.71. The number of aromatic hydroxyl groups is 1. The number of aliphatic hydroxyl groups is 1. The standard InChI is InChI=1S/C28H21F8N5O4/c1-40-26(7-2-8-26)23(43)20(25(45)41(40)11-13-3-6-18(42)22(30)21(13)29)24(44)39-16-5-4-14(27(31,32)33)9-15(16)17-10-19(28(34,35)36)38-12-37-17/h3-6,9-10,12,42-43H,2,7-8,11H2,1H3,(H,39,44). The molecular weight excluding hydrogens is 622 g/mol. The number of carbonyl (C=O) groups excluding carboxylic acids is 2. The Morgan fingerprint density at radius 3 is 2.27 bits per heavy atom. The molecule has 3 aromatic rings. The second kappa shape index (κ2) is 11.0. The van der Waals surface area contributed by atoms with Crippen LogP contribution in [-0.4, -0.2) is 54.6 Å². The molecule has 1 aromatic heterocycles. The Bertz CT molecular complexity index is 1740. The van der Waals surface area contributed by atoms with Crippen molar-refractivity contribution >= 4 is 17.5 Å². The fourth-order valence-electron chi connectivity index (χ4n) is 5.19. The molecule has 0 saturated heterocycles. The number of nitrogens with zero attached hydrogens (tertiary/aromatic N) is 4. The number of aromatic nitrogens is 2. The van der Waals surface area contributed by atoms with Gasteiger partial charge in [0.05, 0.1) is 29.0 Å². The van der Waals surface area contributed by atoms with E-state index >= 15 is 0 Å². The molecule has 1 aliphatic carbocycles. The lowest BCUT2D eigenvalue weighted by Gasteiger charge is -2.54. The molecule has 2 amide bonds. The second-order valence-corrected chi connectivity index (χ2v) is 10.4.